The van der Waals surface area contributed by atoms with Crippen LogP contribution in [0.2, 0.25) is 0 Å². The molecule has 0 saturated carbocycles. The van der Waals surface area contributed by atoms with Crippen LogP contribution >= 0.6 is 0 Å². The maximum Gasteiger partial charge on any atom is 0.307 e. The molecule has 2 aromatic rings. The van der Waals surface area contributed by atoms with E-state index in [1.807, 2.05) is 55.5 Å². The molecule has 19 heavy (non-hydrogen) atoms. The molecule has 2 rings (SSSR count). The van der Waals surface area contributed by atoms with Gasteiger partial charge in [-0.05, 0) is 23.3 Å². The van der Waals surface area contributed by atoms with Gasteiger partial charge in [0.15, 0.2) is 0 Å². The zero-order valence-corrected chi connectivity index (χ0v) is 10.8. The van der Waals surface area contributed by atoms with Gasteiger partial charge in [0.1, 0.15) is 6.07 Å². The van der Waals surface area contributed by atoms with Gasteiger partial charge in [-0.1, -0.05) is 43.3 Å². The molecule has 1 atom stereocenters. The lowest BCUT2D eigenvalue weighted by Crippen LogP contribution is -2.09. The van der Waals surface area contributed by atoms with E-state index in [0.717, 1.165) is 10.8 Å². The van der Waals surface area contributed by atoms with Gasteiger partial charge in [0.05, 0.1) is 0 Å². The molecule has 0 saturated heterocycles. The van der Waals surface area contributed by atoms with Crippen molar-refractivity contribution < 1.29 is 9.53 Å². The molecule has 0 radical (unpaired) electrons. The third-order valence-corrected chi connectivity index (χ3v) is 2.90. The molecule has 0 unspecified atom stereocenters. The molecule has 3 nitrogen and oxygen atoms in total. The highest BCUT2D eigenvalue weighted by molar-refractivity contribution is 5.83. The standard InChI is InChI=1S/C16H15NO2/c1-2-5-16(18)19-15(11-17)14-9-8-12-6-3-4-7-13(12)10-14/h3-4,6-10,15H,2,5H2,1H3/t15-/m0/s1. The third kappa shape index (κ3) is 3.11. The number of hydrogen-bond acceptors (Lipinski definition) is 3. The van der Waals surface area contributed by atoms with Gasteiger partial charge in [-0.25, -0.2) is 0 Å². The second-order valence-electron chi connectivity index (χ2n) is 4.36. The Labute approximate surface area is 112 Å². The van der Waals surface area contributed by atoms with Crippen molar-refractivity contribution in [2.45, 2.75) is 25.9 Å². The first-order valence-electron chi connectivity index (χ1n) is 6.32. The Hall–Kier alpha value is -2.34. The molecule has 0 amide bonds. The van der Waals surface area contributed by atoms with Gasteiger partial charge >= 0.3 is 5.97 Å². The van der Waals surface area contributed by atoms with Gasteiger partial charge in [-0.2, -0.15) is 5.26 Å². The number of nitriles is 1. The molecule has 0 fully saturated rings. The van der Waals surface area contributed by atoms with Crippen molar-refractivity contribution >= 4 is 16.7 Å². The molecule has 0 spiro atoms. The molecule has 0 aliphatic heterocycles. The van der Waals surface area contributed by atoms with Gasteiger partial charge in [0.2, 0.25) is 6.10 Å². The largest absolute Gasteiger partial charge is 0.442 e. The molecule has 0 aliphatic rings. The van der Waals surface area contributed by atoms with Crippen LogP contribution in [-0.2, 0) is 9.53 Å². The summed E-state index contributed by atoms with van der Waals surface area (Å²) in [6.07, 6.45) is 0.226. The van der Waals surface area contributed by atoms with Crippen LogP contribution in [0.3, 0.4) is 0 Å². The number of carbonyl (C=O) groups excluding carboxylic acids is 1. The summed E-state index contributed by atoms with van der Waals surface area (Å²) in [4.78, 5) is 11.5. The minimum Gasteiger partial charge on any atom is -0.442 e. The molecule has 0 aliphatic carbocycles. The minimum atomic E-state index is -0.830. The summed E-state index contributed by atoms with van der Waals surface area (Å²) in [5, 5.41) is 11.3. The molecule has 3 heteroatoms. The van der Waals surface area contributed by atoms with Crippen molar-refractivity contribution in [2.75, 3.05) is 0 Å². The second kappa shape index (κ2) is 6.01. The molecule has 96 valence electrons. The van der Waals surface area contributed by atoms with E-state index in [4.69, 9.17) is 10.00 Å². The number of ether oxygens (including phenoxy) is 1. The van der Waals surface area contributed by atoms with Crippen molar-refractivity contribution in [1.29, 1.82) is 5.26 Å². The van der Waals surface area contributed by atoms with E-state index in [2.05, 4.69) is 0 Å². The van der Waals surface area contributed by atoms with E-state index >= 15 is 0 Å². The predicted octanol–water partition coefficient (Wildman–Crippen LogP) is 3.75. The topological polar surface area (TPSA) is 50.1 Å². The van der Waals surface area contributed by atoms with Gasteiger partial charge < -0.3 is 4.74 Å². The molecular weight excluding hydrogens is 238 g/mol. The summed E-state index contributed by atoms with van der Waals surface area (Å²) >= 11 is 0. The van der Waals surface area contributed by atoms with Crippen molar-refractivity contribution in [3.63, 3.8) is 0 Å². The van der Waals surface area contributed by atoms with Crippen molar-refractivity contribution in [2.24, 2.45) is 0 Å². The summed E-state index contributed by atoms with van der Waals surface area (Å²) in [5.74, 6) is -0.331. The molecule has 0 heterocycles. The van der Waals surface area contributed by atoms with Crippen LogP contribution in [0.1, 0.15) is 31.4 Å². The molecular formula is C16H15NO2. The summed E-state index contributed by atoms with van der Waals surface area (Å²) in [6.45, 7) is 1.90. The van der Waals surface area contributed by atoms with Crippen molar-refractivity contribution in [3.05, 3.63) is 48.0 Å². The lowest BCUT2D eigenvalue weighted by molar-refractivity contribution is -0.146. The van der Waals surface area contributed by atoms with Crippen LogP contribution in [0.25, 0.3) is 10.8 Å². The fourth-order valence-electron chi connectivity index (χ4n) is 1.93. The Kier molecular flexibility index (Phi) is 4.15. The van der Waals surface area contributed by atoms with E-state index in [9.17, 15) is 4.79 Å². The molecule has 0 N–H and O–H groups in total. The first-order valence-corrected chi connectivity index (χ1v) is 6.32. The monoisotopic (exact) mass is 253 g/mol. The van der Waals surface area contributed by atoms with Crippen molar-refractivity contribution in [1.82, 2.24) is 0 Å². The number of nitrogens with zero attached hydrogens (tertiary/aromatic N) is 1. The van der Waals surface area contributed by atoms with Crippen LogP contribution in [-0.4, -0.2) is 5.97 Å². The zero-order valence-electron chi connectivity index (χ0n) is 10.8. The Morgan fingerprint density at radius 3 is 2.68 bits per heavy atom. The lowest BCUT2D eigenvalue weighted by atomic mass is 10.0. The number of hydrogen-bond donors (Lipinski definition) is 0. The average molecular weight is 253 g/mol. The number of carbonyl (C=O) groups is 1. The van der Waals surface area contributed by atoms with Crippen LogP contribution in [0.15, 0.2) is 42.5 Å². The number of benzene rings is 2. The fourth-order valence-corrected chi connectivity index (χ4v) is 1.93. The number of esters is 1. The summed E-state index contributed by atoms with van der Waals surface area (Å²) in [7, 11) is 0. The van der Waals surface area contributed by atoms with Crippen molar-refractivity contribution in [3.8, 4) is 6.07 Å². The first-order chi connectivity index (χ1) is 9.24. The Morgan fingerprint density at radius 2 is 2.00 bits per heavy atom. The van der Waals surface area contributed by atoms with E-state index in [-0.39, 0.29) is 5.97 Å². The molecule has 2 aromatic carbocycles. The zero-order chi connectivity index (χ0) is 13.7. The van der Waals surface area contributed by atoms with Crippen LogP contribution in [0.5, 0.6) is 0 Å². The van der Waals surface area contributed by atoms with Crippen LogP contribution in [0, 0.1) is 11.3 Å². The number of fused-ring (bicyclic) bond motifs is 1. The predicted molar refractivity (Wildman–Crippen MR) is 73.3 cm³/mol. The second-order valence-corrected chi connectivity index (χ2v) is 4.36. The van der Waals surface area contributed by atoms with Crippen LogP contribution < -0.4 is 0 Å². The summed E-state index contributed by atoms with van der Waals surface area (Å²) in [5.41, 5.74) is 0.714. The summed E-state index contributed by atoms with van der Waals surface area (Å²) < 4.78 is 5.17. The highest BCUT2D eigenvalue weighted by Gasteiger charge is 2.15. The minimum absolute atomic E-state index is 0.331. The number of rotatable bonds is 4. The fraction of sp³-hybridized carbons (Fsp3) is 0.250. The van der Waals surface area contributed by atoms with E-state index in [1.54, 1.807) is 0 Å². The maximum absolute atomic E-state index is 11.5. The van der Waals surface area contributed by atoms with Gasteiger partial charge in [0.25, 0.3) is 0 Å². The molecule has 0 bridgehead atoms. The van der Waals surface area contributed by atoms with E-state index < -0.39 is 6.10 Å². The quantitative estimate of drug-likeness (QED) is 0.780. The normalized spacial score (nSPS) is 11.8. The third-order valence-electron chi connectivity index (χ3n) is 2.90. The van der Waals surface area contributed by atoms with Gasteiger partial charge in [-0.3, -0.25) is 4.79 Å². The van der Waals surface area contributed by atoms with Gasteiger partial charge in [-0.15, -0.1) is 0 Å². The Morgan fingerprint density at radius 1 is 1.26 bits per heavy atom. The summed E-state index contributed by atoms with van der Waals surface area (Å²) in [6, 6.07) is 15.6. The van der Waals surface area contributed by atoms with Gasteiger partial charge in [0, 0.05) is 12.0 Å². The average Bonchev–Trinajstić information content (AvgIpc) is 2.44. The highest BCUT2D eigenvalue weighted by atomic mass is 16.5. The SMILES string of the molecule is CCCC(=O)O[C@@H](C#N)c1ccc2ccccc2c1. The smallest absolute Gasteiger partial charge is 0.307 e. The maximum atomic E-state index is 11.5. The molecule has 0 aromatic heterocycles. The van der Waals surface area contributed by atoms with Crippen LogP contribution in [0.4, 0.5) is 0 Å². The highest BCUT2D eigenvalue weighted by Crippen LogP contribution is 2.22. The Bertz CT molecular complexity index is 628. The van der Waals surface area contributed by atoms with E-state index in [1.165, 1.54) is 0 Å². The van der Waals surface area contributed by atoms with E-state index in [0.29, 0.717) is 18.4 Å². The Balaban J connectivity index is 2.26. The first kappa shape index (κ1) is 13.1. The lowest BCUT2D eigenvalue weighted by Gasteiger charge is -2.11.